The molecule has 0 spiro atoms. The van der Waals surface area contributed by atoms with Gasteiger partial charge in [-0.15, -0.1) is 0 Å². The molecule has 1 amide bonds. The number of amides is 1. The zero-order valence-corrected chi connectivity index (χ0v) is 15.2. The number of esters is 1. The maximum absolute atomic E-state index is 12.0. The van der Waals surface area contributed by atoms with Crippen molar-refractivity contribution in [3.63, 3.8) is 0 Å². The Morgan fingerprint density at radius 3 is 2.40 bits per heavy atom. The first-order valence-electron chi connectivity index (χ1n) is 7.54. The van der Waals surface area contributed by atoms with Crippen LogP contribution in [-0.2, 0) is 9.53 Å². The van der Waals surface area contributed by atoms with Gasteiger partial charge in [-0.25, -0.2) is 4.79 Å². The lowest BCUT2D eigenvalue weighted by atomic mass is 10.2. The van der Waals surface area contributed by atoms with Gasteiger partial charge in [0.1, 0.15) is 5.75 Å². The smallest absolute Gasteiger partial charge is 0.338 e. The number of anilines is 1. The Labute approximate surface area is 155 Å². The van der Waals surface area contributed by atoms with Crippen molar-refractivity contribution in [2.75, 3.05) is 11.9 Å². The SMILES string of the molecule is CC(C)Oc1ccc(C(=O)OCC(=O)Nc2cc(Cl)ccc2Cl)cc1. The van der Waals surface area contributed by atoms with E-state index in [-0.39, 0.29) is 6.10 Å². The van der Waals surface area contributed by atoms with Gasteiger partial charge >= 0.3 is 5.97 Å². The molecule has 0 aromatic heterocycles. The fraction of sp³-hybridized carbons (Fsp3) is 0.222. The van der Waals surface area contributed by atoms with Crippen LogP contribution in [0.1, 0.15) is 24.2 Å². The third kappa shape index (κ3) is 5.96. The molecule has 2 aromatic carbocycles. The number of nitrogens with one attached hydrogen (secondary N) is 1. The first-order valence-corrected chi connectivity index (χ1v) is 8.29. The van der Waals surface area contributed by atoms with Crippen molar-refractivity contribution in [2.45, 2.75) is 20.0 Å². The van der Waals surface area contributed by atoms with Crippen molar-refractivity contribution < 1.29 is 19.1 Å². The van der Waals surface area contributed by atoms with E-state index in [1.54, 1.807) is 36.4 Å². The lowest BCUT2D eigenvalue weighted by Crippen LogP contribution is -2.21. The van der Waals surface area contributed by atoms with E-state index in [9.17, 15) is 9.59 Å². The summed E-state index contributed by atoms with van der Waals surface area (Å²) in [5.41, 5.74) is 0.676. The molecule has 5 nitrogen and oxygen atoms in total. The van der Waals surface area contributed by atoms with Gasteiger partial charge in [0, 0.05) is 5.02 Å². The van der Waals surface area contributed by atoms with Crippen LogP contribution in [0.5, 0.6) is 5.75 Å². The van der Waals surface area contributed by atoms with Gasteiger partial charge in [-0.3, -0.25) is 4.79 Å². The fourth-order valence-corrected chi connectivity index (χ4v) is 2.27. The van der Waals surface area contributed by atoms with Crippen molar-refractivity contribution in [3.05, 3.63) is 58.1 Å². The van der Waals surface area contributed by atoms with Gasteiger partial charge in [0.05, 0.1) is 22.4 Å². The minimum absolute atomic E-state index is 0.0415. The summed E-state index contributed by atoms with van der Waals surface area (Å²) in [6, 6.07) is 11.2. The second-order valence-electron chi connectivity index (χ2n) is 5.44. The quantitative estimate of drug-likeness (QED) is 0.743. The Hall–Kier alpha value is -2.24. The Kier molecular flexibility index (Phi) is 6.67. The summed E-state index contributed by atoms with van der Waals surface area (Å²) in [6.45, 7) is 3.38. The predicted molar refractivity (Wildman–Crippen MR) is 97.6 cm³/mol. The third-order valence-corrected chi connectivity index (χ3v) is 3.56. The molecule has 0 aliphatic rings. The second kappa shape index (κ2) is 8.74. The normalized spacial score (nSPS) is 10.4. The van der Waals surface area contributed by atoms with Gasteiger partial charge in [0.15, 0.2) is 6.61 Å². The highest BCUT2D eigenvalue weighted by molar-refractivity contribution is 6.35. The van der Waals surface area contributed by atoms with Crippen LogP contribution >= 0.6 is 23.2 Å². The summed E-state index contributed by atoms with van der Waals surface area (Å²) >= 11 is 11.8. The van der Waals surface area contributed by atoms with Crippen LogP contribution in [-0.4, -0.2) is 24.6 Å². The van der Waals surface area contributed by atoms with E-state index in [0.29, 0.717) is 27.0 Å². The summed E-state index contributed by atoms with van der Waals surface area (Å²) in [5, 5.41) is 3.30. The highest BCUT2D eigenvalue weighted by atomic mass is 35.5. The van der Waals surface area contributed by atoms with Crippen molar-refractivity contribution in [3.8, 4) is 5.75 Å². The van der Waals surface area contributed by atoms with Gasteiger partial charge in [-0.1, -0.05) is 23.2 Å². The Balaban J connectivity index is 1.88. The average molecular weight is 382 g/mol. The van der Waals surface area contributed by atoms with Crippen molar-refractivity contribution in [1.82, 2.24) is 0 Å². The number of ether oxygens (including phenoxy) is 2. The molecule has 0 radical (unpaired) electrons. The van der Waals surface area contributed by atoms with Crippen LogP contribution in [0.25, 0.3) is 0 Å². The standard InChI is InChI=1S/C18H17Cl2NO4/c1-11(2)25-14-6-3-12(4-7-14)18(23)24-10-17(22)21-16-9-13(19)5-8-15(16)20/h3-9,11H,10H2,1-2H3,(H,21,22). The van der Waals surface area contributed by atoms with E-state index in [2.05, 4.69) is 5.32 Å². The van der Waals surface area contributed by atoms with Crippen LogP contribution in [0, 0.1) is 0 Å². The molecule has 132 valence electrons. The lowest BCUT2D eigenvalue weighted by molar-refractivity contribution is -0.119. The second-order valence-corrected chi connectivity index (χ2v) is 6.28. The van der Waals surface area contributed by atoms with E-state index in [0.717, 1.165) is 0 Å². The highest BCUT2D eigenvalue weighted by Gasteiger charge is 2.12. The van der Waals surface area contributed by atoms with Crippen molar-refractivity contribution in [2.24, 2.45) is 0 Å². The number of halogens is 2. The molecule has 1 N–H and O–H groups in total. The molecule has 0 aliphatic carbocycles. The average Bonchev–Trinajstić information content (AvgIpc) is 2.56. The van der Waals surface area contributed by atoms with Gasteiger partial charge in [0.25, 0.3) is 5.91 Å². The van der Waals surface area contributed by atoms with Gasteiger partial charge in [0.2, 0.25) is 0 Å². The third-order valence-electron chi connectivity index (χ3n) is 3.00. The van der Waals surface area contributed by atoms with Crippen LogP contribution in [0.2, 0.25) is 10.0 Å². The van der Waals surface area contributed by atoms with E-state index in [1.807, 2.05) is 13.8 Å². The molecule has 0 fully saturated rings. The monoisotopic (exact) mass is 381 g/mol. The summed E-state index contributed by atoms with van der Waals surface area (Å²) in [5.74, 6) is -0.472. The molecule has 7 heteroatoms. The molecule has 2 aromatic rings. The molecule has 0 heterocycles. The lowest BCUT2D eigenvalue weighted by Gasteiger charge is -2.10. The maximum Gasteiger partial charge on any atom is 0.338 e. The highest BCUT2D eigenvalue weighted by Crippen LogP contribution is 2.25. The van der Waals surface area contributed by atoms with E-state index < -0.39 is 18.5 Å². The molecule has 25 heavy (non-hydrogen) atoms. The van der Waals surface area contributed by atoms with E-state index in [4.69, 9.17) is 32.7 Å². The zero-order valence-electron chi connectivity index (χ0n) is 13.7. The number of benzene rings is 2. The molecule has 2 rings (SSSR count). The molecule has 0 atom stereocenters. The predicted octanol–water partition coefficient (Wildman–Crippen LogP) is 4.58. The molecule has 0 aliphatic heterocycles. The minimum Gasteiger partial charge on any atom is -0.491 e. The number of carbonyl (C=O) groups is 2. The van der Waals surface area contributed by atoms with E-state index in [1.165, 1.54) is 6.07 Å². The van der Waals surface area contributed by atoms with Crippen molar-refractivity contribution >= 4 is 40.8 Å². The Bertz CT molecular complexity index is 760. The van der Waals surface area contributed by atoms with Crippen LogP contribution < -0.4 is 10.1 Å². The number of hydrogen-bond donors (Lipinski definition) is 1. The molecular formula is C18H17Cl2NO4. The van der Waals surface area contributed by atoms with Gasteiger partial charge in [-0.2, -0.15) is 0 Å². The summed E-state index contributed by atoms with van der Waals surface area (Å²) in [4.78, 5) is 23.8. The maximum atomic E-state index is 12.0. The molecular weight excluding hydrogens is 365 g/mol. The number of carbonyl (C=O) groups excluding carboxylic acids is 2. The summed E-state index contributed by atoms with van der Waals surface area (Å²) in [7, 11) is 0. The molecule has 0 saturated carbocycles. The summed E-state index contributed by atoms with van der Waals surface area (Å²) < 4.78 is 10.5. The van der Waals surface area contributed by atoms with Crippen LogP contribution in [0.4, 0.5) is 5.69 Å². The van der Waals surface area contributed by atoms with Gasteiger partial charge < -0.3 is 14.8 Å². The van der Waals surface area contributed by atoms with Gasteiger partial charge in [-0.05, 0) is 56.3 Å². The Morgan fingerprint density at radius 1 is 1.08 bits per heavy atom. The van der Waals surface area contributed by atoms with Crippen molar-refractivity contribution in [1.29, 1.82) is 0 Å². The van der Waals surface area contributed by atoms with Crippen LogP contribution in [0.15, 0.2) is 42.5 Å². The molecule has 0 saturated heterocycles. The Morgan fingerprint density at radius 2 is 1.76 bits per heavy atom. The fourth-order valence-electron chi connectivity index (χ4n) is 1.94. The summed E-state index contributed by atoms with van der Waals surface area (Å²) in [6.07, 6.45) is 0.0415. The first kappa shape index (κ1) is 19.1. The number of hydrogen-bond acceptors (Lipinski definition) is 4. The van der Waals surface area contributed by atoms with E-state index >= 15 is 0 Å². The molecule has 0 bridgehead atoms. The molecule has 0 unspecified atom stereocenters. The largest absolute Gasteiger partial charge is 0.491 e. The van der Waals surface area contributed by atoms with Crippen LogP contribution in [0.3, 0.4) is 0 Å². The number of rotatable bonds is 6. The zero-order chi connectivity index (χ0) is 18.4. The minimum atomic E-state index is -0.608. The first-order chi connectivity index (χ1) is 11.8. The topological polar surface area (TPSA) is 64.6 Å².